The van der Waals surface area contributed by atoms with E-state index in [0.29, 0.717) is 0 Å². The smallest absolute Gasteiger partial charge is 0.00176 e. The van der Waals surface area contributed by atoms with Gasteiger partial charge in [0.2, 0.25) is 0 Å². The van der Waals surface area contributed by atoms with E-state index in [1.807, 2.05) is 0 Å². The van der Waals surface area contributed by atoms with Crippen LogP contribution in [-0.4, -0.2) is 37.6 Å². The molecular weight excluding hydrogens is 184 g/mol. The maximum Gasteiger partial charge on any atom is -0.00176 e. The van der Waals surface area contributed by atoms with Gasteiger partial charge in [-0.15, -0.1) is 0 Å². The number of nitrogens with zero attached hydrogens (tertiary/aromatic N) is 1. The molecule has 0 amide bonds. The summed E-state index contributed by atoms with van der Waals surface area (Å²) in [6, 6.07) is 0. The van der Waals surface area contributed by atoms with E-state index in [1.165, 1.54) is 52.0 Å². The molecule has 90 valence electrons. The molecule has 1 atom stereocenters. The molecule has 15 heavy (non-hydrogen) atoms. The van der Waals surface area contributed by atoms with E-state index < -0.39 is 0 Å². The molecule has 0 bridgehead atoms. The zero-order valence-corrected chi connectivity index (χ0v) is 10.8. The predicted molar refractivity (Wildman–Crippen MR) is 67.2 cm³/mol. The van der Waals surface area contributed by atoms with Crippen LogP contribution in [0, 0.1) is 11.8 Å². The summed E-state index contributed by atoms with van der Waals surface area (Å²) in [5.74, 6) is 1.83. The Morgan fingerprint density at radius 3 is 2.20 bits per heavy atom. The van der Waals surface area contributed by atoms with Gasteiger partial charge in [0, 0.05) is 0 Å². The van der Waals surface area contributed by atoms with Crippen molar-refractivity contribution in [3.63, 3.8) is 0 Å². The summed E-state index contributed by atoms with van der Waals surface area (Å²) >= 11 is 0. The van der Waals surface area contributed by atoms with Gasteiger partial charge in [-0.3, -0.25) is 0 Å². The summed E-state index contributed by atoms with van der Waals surface area (Å²) in [4.78, 5) is 2.49. The van der Waals surface area contributed by atoms with Gasteiger partial charge in [0.25, 0.3) is 0 Å². The van der Waals surface area contributed by atoms with Crippen LogP contribution in [0.5, 0.6) is 0 Å². The molecule has 2 nitrogen and oxygen atoms in total. The van der Waals surface area contributed by atoms with Gasteiger partial charge in [-0.25, -0.2) is 0 Å². The molecule has 2 fully saturated rings. The van der Waals surface area contributed by atoms with Crippen LogP contribution in [0.4, 0.5) is 0 Å². The van der Waals surface area contributed by atoms with Crippen LogP contribution in [0.15, 0.2) is 0 Å². The Kier molecular flexibility index (Phi) is 6.26. The highest BCUT2D eigenvalue weighted by molar-refractivity contribution is 4.72. The number of rotatable bonds is 2. The SMILES string of the molecule is CC(C)C1CCNC1.CCN1CCCC1. The van der Waals surface area contributed by atoms with Gasteiger partial charge >= 0.3 is 0 Å². The maximum atomic E-state index is 3.35. The van der Waals surface area contributed by atoms with Crippen molar-refractivity contribution in [2.45, 2.75) is 40.0 Å². The van der Waals surface area contributed by atoms with Gasteiger partial charge in [-0.05, 0) is 63.8 Å². The van der Waals surface area contributed by atoms with Crippen LogP contribution in [0.1, 0.15) is 40.0 Å². The molecule has 0 saturated carbocycles. The quantitative estimate of drug-likeness (QED) is 0.756. The van der Waals surface area contributed by atoms with Crippen molar-refractivity contribution in [3.05, 3.63) is 0 Å². The largest absolute Gasteiger partial charge is 0.316 e. The van der Waals surface area contributed by atoms with Crippen LogP contribution in [-0.2, 0) is 0 Å². The molecule has 2 aliphatic heterocycles. The third kappa shape index (κ3) is 4.98. The maximum absolute atomic E-state index is 3.35. The molecule has 0 radical (unpaired) electrons. The first-order valence-electron chi connectivity index (χ1n) is 6.67. The highest BCUT2D eigenvalue weighted by atomic mass is 15.1. The molecule has 0 aromatic carbocycles. The molecule has 2 aliphatic rings. The van der Waals surface area contributed by atoms with E-state index in [1.54, 1.807) is 0 Å². The van der Waals surface area contributed by atoms with Gasteiger partial charge in [0.05, 0.1) is 0 Å². The number of hydrogen-bond acceptors (Lipinski definition) is 2. The van der Waals surface area contributed by atoms with Crippen molar-refractivity contribution in [1.29, 1.82) is 0 Å². The Hall–Kier alpha value is -0.0800. The fourth-order valence-electron chi connectivity index (χ4n) is 2.34. The van der Waals surface area contributed by atoms with E-state index in [0.717, 1.165) is 11.8 Å². The molecule has 0 aromatic rings. The summed E-state index contributed by atoms with van der Waals surface area (Å²) in [6.45, 7) is 13.3. The first-order valence-corrected chi connectivity index (χ1v) is 6.67. The molecule has 1 unspecified atom stereocenters. The zero-order valence-electron chi connectivity index (χ0n) is 10.8. The second-order valence-electron chi connectivity index (χ2n) is 5.14. The highest BCUT2D eigenvalue weighted by Gasteiger charge is 2.16. The number of nitrogens with one attached hydrogen (secondary N) is 1. The van der Waals surface area contributed by atoms with E-state index in [4.69, 9.17) is 0 Å². The van der Waals surface area contributed by atoms with E-state index >= 15 is 0 Å². The fraction of sp³-hybridized carbons (Fsp3) is 1.00. The zero-order chi connectivity index (χ0) is 11.1. The molecule has 0 aliphatic carbocycles. The third-order valence-electron chi connectivity index (χ3n) is 3.69. The molecule has 2 heteroatoms. The van der Waals surface area contributed by atoms with Gasteiger partial charge < -0.3 is 10.2 Å². The fourth-order valence-corrected chi connectivity index (χ4v) is 2.34. The second-order valence-corrected chi connectivity index (χ2v) is 5.14. The Labute approximate surface area is 95.4 Å². The average Bonchev–Trinajstić information content (AvgIpc) is 2.92. The molecular formula is C13H28N2. The lowest BCUT2D eigenvalue weighted by molar-refractivity contribution is 0.359. The number of hydrogen-bond donors (Lipinski definition) is 1. The highest BCUT2D eigenvalue weighted by Crippen LogP contribution is 2.16. The topological polar surface area (TPSA) is 15.3 Å². The molecule has 2 heterocycles. The van der Waals surface area contributed by atoms with Crippen LogP contribution in [0.25, 0.3) is 0 Å². The molecule has 2 saturated heterocycles. The van der Waals surface area contributed by atoms with Crippen molar-refractivity contribution in [3.8, 4) is 0 Å². The Bertz CT molecular complexity index is 145. The Balaban J connectivity index is 0.000000151. The molecule has 2 rings (SSSR count). The van der Waals surface area contributed by atoms with Crippen LogP contribution < -0.4 is 5.32 Å². The monoisotopic (exact) mass is 212 g/mol. The lowest BCUT2D eigenvalue weighted by Crippen LogP contribution is -2.17. The third-order valence-corrected chi connectivity index (χ3v) is 3.69. The average molecular weight is 212 g/mol. The second kappa shape index (κ2) is 7.24. The first kappa shape index (κ1) is 13.0. The van der Waals surface area contributed by atoms with Crippen molar-refractivity contribution < 1.29 is 0 Å². The van der Waals surface area contributed by atoms with E-state index in [-0.39, 0.29) is 0 Å². The van der Waals surface area contributed by atoms with Gasteiger partial charge in [0.1, 0.15) is 0 Å². The number of likely N-dealkylation sites (tertiary alicyclic amines) is 1. The lowest BCUT2D eigenvalue weighted by Gasteiger charge is -2.10. The van der Waals surface area contributed by atoms with Crippen molar-refractivity contribution in [2.24, 2.45) is 11.8 Å². The minimum absolute atomic E-state index is 0.880. The lowest BCUT2D eigenvalue weighted by atomic mass is 9.96. The summed E-state index contributed by atoms with van der Waals surface area (Å²) in [5, 5.41) is 3.35. The van der Waals surface area contributed by atoms with Crippen LogP contribution in [0.2, 0.25) is 0 Å². The van der Waals surface area contributed by atoms with E-state index in [2.05, 4.69) is 31.0 Å². The molecule has 0 spiro atoms. The van der Waals surface area contributed by atoms with Crippen LogP contribution in [0.3, 0.4) is 0 Å². The van der Waals surface area contributed by atoms with E-state index in [9.17, 15) is 0 Å². The summed E-state index contributed by atoms with van der Waals surface area (Å²) in [5.41, 5.74) is 0. The minimum atomic E-state index is 0.880. The van der Waals surface area contributed by atoms with Gasteiger partial charge in [-0.2, -0.15) is 0 Å². The predicted octanol–water partition coefficient (Wildman–Crippen LogP) is 2.35. The van der Waals surface area contributed by atoms with Crippen molar-refractivity contribution in [2.75, 3.05) is 32.7 Å². The summed E-state index contributed by atoms with van der Waals surface area (Å²) < 4.78 is 0. The Morgan fingerprint density at radius 1 is 1.27 bits per heavy atom. The van der Waals surface area contributed by atoms with Crippen molar-refractivity contribution in [1.82, 2.24) is 10.2 Å². The summed E-state index contributed by atoms with van der Waals surface area (Å²) in [7, 11) is 0. The van der Waals surface area contributed by atoms with Gasteiger partial charge in [-0.1, -0.05) is 20.8 Å². The minimum Gasteiger partial charge on any atom is -0.316 e. The standard InChI is InChI=1S/C7H15N.C6H13N/c1-6(2)7-3-4-8-5-7;1-2-7-5-3-4-6-7/h6-8H,3-5H2,1-2H3;2-6H2,1H3. The first-order chi connectivity index (χ1) is 7.24. The molecule has 0 aromatic heterocycles. The van der Waals surface area contributed by atoms with Crippen LogP contribution >= 0.6 is 0 Å². The Morgan fingerprint density at radius 2 is 1.93 bits per heavy atom. The van der Waals surface area contributed by atoms with Crippen molar-refractivity contribution >= 4 is 0 Å². The summed E-state index contributed by atoms with van der Waals surface area (Å²) in [6.07, 6.45) is 4.24. The molecule has 1 N–H and O–H groups in total. The van der Waals surface area contributed by atoms with Gasteiger partial charge in [0.15, 0.2) is 0 Å². The normalized spacial score (nSPS) is 26.8.